The molecule has 0 spiro atoms. The zero-order valence-electron chi connectivity index (χ0n) is 10.9. The van der Waals surface area contributed by atoms with E-state index in [4.69, 9.17) is 5.26 Å². The second-order valence-corrected chi connectivity index (χ2v) is 4.53. The van der Waals surface area contributed by atoms with E-state index in [1.54, 1.807) is 6.20 Å². The van der Waals surface area contributed by atoms with E-state index >= 15 is 0 Å². The molecule has 0 amide bonds. The Balaban J connectivity index is 2.00. The number of aryl methyl sites for hydroxylation is 1. The summed E-state index contributed by atoms with van der Waals surface area (Å²) in [5, 5.41) is 8.80. The van der Waals surface area contributed by atoms with Gasteiger partial charge in [0.15, 0.2) is 0 Å². The molecule has 0 atom stereocenters. The lowest BCUT2D eigenvalue weighted by Crippen LogP contribution is -1.99. The Kier molecular flexibility index (Phi) is 7.13. The smallest absolute Gasteiger partial charge is 0.212 e. The fourth-order valence-corrected chi connectivity index (χ4v) is 2.02. The van der Waals surface area contributed by atoms with Crippen molar-refractivity contribution in [1.29, 1.82) is 5.26 Å². The summed E-state index contributed by atoms with van der Waals surface area (Å²) in [4.78, 5) is 3.99. The van der Waals surface area contributed by atoms with Crippen LogP contribution in [0.15, 0.2) is 12.4 Å². The van der Waals surface area contributed by atoms with Crippen LogP contribution in [-0.4, -0.2) is 9.55 Å². The maximum Gasteiger partial charge on any atom is 0.212 e. The molecule has 1 aromatic heterocycles. The van der Waals surface area contributed by atoms with Crippen LogP contribution in [0.1, 0.15) is 64.1 Å². The van der Waals surface area contributed by atoms with Crippen LogP contribution < -0.4 is 0 Å². The highest BCUT2D eigenvalue weighted by Crippen LogP contribution is 2.09. The maximum absolute atomic E-state index is 8.80. The Morgan fingerprint density at radius 1 is 1.12 bits per heavy atom. The molecular weight excluding hydrogens is 210 g/mol. The average Bonchev–Trinajstić information content (AvgIpc) is 2.80. The van der Waals surface area contributed by atoms with Gasteiger partial charge in [0.25, 0.3) is 0 Å². The summed E-state index contributed by atoms with van der Waals surface area (Å²) in [6, 6.07) is 2.10. The Hall–Kier alpha value is -1.30. The van der Waals surface area contributed by atoms with Crippen molar-refractivity contribution >= 4 is 0 Å². The van der Waals surface area contributed by atoms with Crippen molar-refractivity contribution in [2.75, 3.05) is 0 Å². The minimum absolute atomic E-state index is 0.535. The first-order valence-corrected chi connectivity index (χ1v) is 6.79. The number of aromatic nitrogens is 2. The highest BCUT2D eigenvalue weighted by Gasteiger charge is 1.99. The molecule has 0 saturated carbocycles. The van der Waals surface area contributed by atoms with Gasteiger partial charge in [-0.3, -0.25) is 0 Å². The van der Waals surface area contributed by atoms with Gasteiger partial charge in [-0.1, -0.05) is 51.9 Å². The summed E-state index contributed by atoms with van der Waals surface area (Å²) in [6.07, 6.45) is 14.1. The number of nitriles is 1. The molecule has 0 radical (unpaired) electrons. The van der Waals surface area contributed by atoms with Gasteiger partial charge in [0.1, 0.15) is 6.07 Å². The first kappa shape index (κ1) is 13.8. The average molecular weight is 233 g/mol. The summed E-state index contributed by atoms with van der Waals surface area (Å²) < 4.78 is 1.94. The number of rotatable bonds is 9. The third-order valence-electron chi connectivity index (χ3n) is 3.07. The molecule has 0 bridgehead atoms. The Morgan fingerprint density at radius 3 is 2.41 bits per heavy atom. The van der Waals surface area contributed by atoms with Gasteiger partial charge in [-0.2, -0.15) is 5.26 Å². The van der Waals surface area contributed by atoms with Crippen molar-refractivity contribution in [3.63, 3.8) is 0 Å². The van der Waals surface area contributed by atoms with Crippen LogP contribution in [0.25, 0.3) is 0 Å². The number of unbranched alkanes of at least 4 members (excludes halogenated alkanes) is 7. The molecule has 1 heterocycles. The monoisotopic (exact) mass is 233 g/mol. The third kappa shape index (κ3) is 5.53. The van der Waals surface area contributed by atoms with Gasteiger partial charge in [0.2, 0.25) is 5.82 Å². The van der Waals surface area contributed by atoms with Crippen molar-refractivity contribution in [3.8, 4) is 6.07 Å². The normalized spacial score (nSPS) is 10.4. The molecule has 0 unspecified atom stereocenters. The molecular formula is C14H23N3. The molecule has 0 aromatic carbocycles. The van der Waals surface area contributed by atoms with E-state index in [0.717, 1.165) is 13.0 Å². The lowest BCUT2D eigenvalue weighted by molar-refractivity contribution is 0.542. The van der Waals surface area contributed by atoms with Crippen LogP contribution in [-0.2, 0) is 6.54 Å². The standard InChI is InChI=1S/C14H23N3/c1-2-3-4-5-6-7-8-9-11-17-12-10-16-14(17)13-15/h10,12H,2-9,11H2,1H3. The minimum Gasteiger partial charge on any atom is -0.323 e. The quantitative estimate of drug-likeness (QED) is 0.607. The Labute approximate surface area is 104 Å². The summed E-state index contributed by atoms with van der Waals surface area (Å²) in [6.45, 7) is 3.18. The number of hydrogen-bond acceptors (Lipinski definition) is 2. The summed E-state index contributed by atoms with van der Waals surface area (Å²) in [5.74, 6) is 0.535. The van der Waals surface area contributed by atoms with Crippen molar-refractivity contribution in [2.45, 2.75) is 64.8 Å². The van der Waals surface area contributed by atoms with Gasteiger partial charge in [0.05, 0.1) is 0 Å². The second-order valence-electron chi connectivity index (χ2n) is 4.53. The van der Waals surface area contributed by atoms with Crippen LogP contribution in [0.2, 0.25) is 0 Å². The van der Waals surface area contributed by atoms with E-state index in [1.807, 2.05) is 10.8 Å². The highest BCUT2D eigenvalue weighted by atomic mass is 15.1. The van der Waals surface area contributed by atoms with Gasteiger partial charge in [-0.25, -0.2) is 4.98 Å². The van der Waals surface area contributed by atoms with Gasteiger partial charge in [0, 0.05) is 18.9 Å². The largest absolute Gasteiger partial charge is 0.323 e. The molecule has 0 fully saturated rings. The molecule has 17 heavy (non-hydrogen) atoms. The number of hydrogen-bond donors (Lipinski definition) is 0. The van der Waals surface area contributed by atoms with Crippen LogP contribution in [0.3, 0.4) is 0 Å². The Morgan fingerprint density at radius 2 is 1.76 bits per heavy atom. The SMILES string of the molecule is CCCCCCCCCCn1ccnc1C#N. The highest BCUT2D eigenvalue weighted by molar-refractivity contribution is 5.10. The summed E-state index contributed by atoms with van der Waals surface area (Å²) >= 11 is 0. The van der Waals surface area contributed by atoms with E-state index < -0.39 is 0 Å². The summed E-state index contributed by atoms with van der Waals surface area (Å²) in [5.41, 5.74) is 0. The zero-order chi connectivity index (χ0) is 12.3. The molecule has 0 aliphatic carbocycles. The van der Waals surface area contributed by atoms with E-state index in [2.05, 4.69) is 18.0 Å². The van der Waals surface area contributed by atoms with Crippen molar-refractivity contribution < 1.29 is 0 Å². The lowest BCUT2D eigenvalue weighted by atomic mass is 10.1. The second kappa shape index (κ2) is 8.81. The van der Waals surface area contributed by atoms with Gasteiger partial charge in [-0.15, -0.1) is 0 Å². The fourth-order valence-electron chi connectivity index (χ4n) is 2.02. The van der Waals surface area contributed by atoms with Crippen LogP contribution in [0.5, 0.6) is 0 Å². The van der Waals surface area contributed by atoms with Gasteiger partial charge < -0.3 is 4.57 Å². The third-order valence-corrected chi connectivity index (χ3v) is 3.07. The van der Waals surface area contributed by atoms with E-state index in [1.165, 1.54) is 44.9 Å². The predicted octanol–water partition coefficient (Wildman–Crippen LogP) is 3.90. The van der Waals surface area contributed by atoms with Crippen molar-refractivity contribution in [1.82, 2.24) is 9.55 Å². The van der Waals surface area contributed by atoms with E-state index in [9.17, 15) is 0 Å². The van der Waals surface area contributed by atoms with Crippen LogP contribution >= 0.6 is 0 Å². The number of nitrogens with zero attached hydrogens (tertiary/aromatic N) is 3. The maximum atomic E-state index is 8.80. The summed E-state index contributed by atoms with van der Waals surface area (Å²) in [7, 11) is 0. The molecule has 0 aliphatic heterocycles. The van der Waals surface area contributed by atoms with Crippen LogP contribution in [0.4, 0.5) is 0 Å². The molecule has 0 saturated heterocycles. The molecule has 0 aliphatic rings. The molecule has 1 aromatic rings. The Bertz CT molecular complexity index is 335. The van der Waals surface area contributed by atoms with E-state index in [-0.39, 0.29) is 0 Å². The van der Waals surface area contributed by atoms with Crippen LogP contribution in [0, 0.1) is 11.3 Å². The topological polar surface area (TPSA) is 41.6 Å². The fraction of sp³-hybridized carbons (Fsp3) is 0.714. The first-order chi connectivity index (χ1) is 8.38. The lowest BCUT2D eigenvalue weighted by Gasteiger charge is -2.03. The predicted molar refractivity (Wildman–Crippen MR) is 69.6 cm³/mol. The van der Waals surface area contributed by atoms with Gasteiger partial charge in [-0.05, 0) is 6.42 Å². The van der Waals surface area contributed by atoms with E-state index in [0.29, 0.717) is 5.82 Å². The number of imidazole rings is 1. The molecule has 0 N–H and O–H groups in total. The van der Waals surface area contributed by atoms with Crippen molar-refractivity contribution in [2.24, 2.45) is 0 Å². The molecule has 1 rings (SSSR count). The zero-order valence-corrected chi connectivity index (χ0v) is 10.9. The van der Waals surface area contributed by atoms with Crippen molar-refractivity contribution in [3.05, 3.63) is 18.2 Å². The first-order valence-electron chi connectivity index (χ1n) is 6.79. The molecule has 3 heteroatoms. The van der Waals surface area contributed by atoms with Gasteiger partial charge >= 0.3 is 0 Å². The molecule has 94 valence electrons. The molecule has 3 nitrogen and oxygen atoms in total. The minimum atomic E-state index is 0.535.